The van der Waals surface area contributed by atoms with Gasteiger partial charge in [-0.3, -0.25) is 0 Å². The van der Waals surface area contributed by atoms with E-state index in [-0.39, 0.29) is 17.9 Å². The van der Waals surface area contributed by atoms with Crippen molar-refractivity contribution in [2.45, 2.75) is 40.2 Å². The van der Waals surface area contributed by atoms with Gasteiger partial charge in [0.05, 0.1) is 12.2 Å². The molecule has 0 aliphatic rings. The van der Waals surface area contributed by atoms with Crippen LogP contribution in [0.2, 0.25) is 0 Å². The van der Waals surface area contributed by atoms with Crippen LogP contribution in [-0.4, -0.2) is 31.4 Å². The van der Waals surface area contributed by atoms with E-state index in [0.717, 1.165) is 0 Å². The Bertz CT molecular complexity index is 653. The van der Waals surface area contributed by atoms with Crippen molar-refractivity contribution in [3.05, 3.63) is 28.5 Å². The van der Waals surface area contributed by atoms with E-state index in [9.17, 15) is 9.90 Å². The van der Waals surface area contributed by atoms with Gasteiger partial charge >= 0.3 is 5.97 Å². The highest BCUT2D eigenvalue weighted by Gasteiger charge is 2.20. The summed E-state index contributed by atoms with van der Waals surface area (Å²) in [7, 11) is 0. The molecule has 2 rings (SSSR count). The van der Waals surface area contributed by atoms with Crippen molar-refractivity contribution >= 4 is 11.8 Å². The Morgan fingerprint density at radius 1 is 1.29 bits per heavy atom. The maximum absolute atomic E-state index is 11.5. The van der Waals surface area contributed by atoms with Crippen molar-refractivity contribution in [3.8, 4) is 0 Å². The number of aryl methyl sites for hydroxylation is 2. The first-order valence-electron chi connectivity index (χ1n) is 6.71. The zero-order chi connectivity index (χ0) is 15.4. The van der Waals surface area contributed by atoms with Crippen LogP contribution in [0, 0.1) is 6.92 Å². The van der Waals surface area contributed by atoms with Gasteiger partial charge in [0.15, 0.2) is 11.6 Å². The summed E-state index contributed by atoms with van der Waals surface area (Å²) in [6.45, 7) is 5.72. The Hall–Kier alpha value is -2.51. The number of anilines is 1. The van der Waals surface area contributed by atoms with Crippen LogP contribution in [0.1, 0.15) is 47.2 Å². The van der Waals surface area contributed by atoms with E-state index in [2.05, 4.69) is 25.7 Å². The van der Waals surface area contributed by atoms with Gasteiger partial charge in [-0.25, -0.2) is 4.79 Å². The SMILES string of the molecule is CCc1nnc(NCc2nc(C)no2)c(C(=O)O)c1CC. The Balaban J connectivity index is 2.32. The van der Waals surface area contributed by atoms with Gasteiger partial charge in [-0.15, -0.1) is 5.10 Å². The largest absolute Gasteiger partial charge is 0.478 e. The minimum absolute atomic E-state index is 0.153. The zero-order valence-electron chi connectivity index (χ0n) is 12.2. The maximum atomic E-state index is 11.5. The summed E-state index contributed by atoms with van der Waals surface area (Å²) in [6.07, 6.45) is 1.22. The van der Waals surface area contributed by atoms with Gasteiger partial charge in [0, 0.05) is 0 Å². The summed E-state index contributed by atoms with van der Waals surface area (Å²) in [5.41, 5.74) is 1.55. The normalized spacial score (nSPS) is 10.6. The van der Waals surface area contributed by atoms with Crippen molar-refractivity contribution in [2.24, 2.45) is 0 Å². The lowest BCUT2D eigenvalue weighted by atomic mass is 10.0. The third-order valence-corrected chi connectivity index (χ3v) is 3.04. The van der Waals surface area contributed by atoms with Crippen LogP contribution in [0.4, 0.5) is 5.82 Å². The summed E-state index contributed by atoms with van der Waals surface area (Å²) >= 11 is 0. The lowest BCUT2D eigenvalue weighted by Gasteiger charge is -2.12. The molecule has 0 saturated carbocycles. The van der Waals surface area contributed by atoms with Gasteiger partial charge in [0.1, 0.15) is 5.56 Å². The fraction of sp³-hybridized carbons (Fsp3) is 0.462. The van der Waals surface area contributed by atoms with Gasteiger partial charge in [-0.05, 0) is 25.3 Å². The van der Waals surface area contributed by atoms with Crippen LogP contribution in [0.25, 0.3) is 0 Å². The number of nitrogens with one attached hydrogen (secondary N) is 1. The second-order valence-corrected chi connectivity index (χ2v) is 4.45. The van der Waals surface area contributed by atoms with Crippen LogP contribution < -0.4 is 5.32 Å². The number of nitrogens with zero attached hydrogens (tertiary/aromatic N) is 4. The van der Waals surface area contributed by atoms with Crippen molar-refractivity contribution in [1.82, 2.24) is 20.3 Å². The molecule has 2 heterocycles. The molecule has 0 radical (unpaired) electrons. The molecule has 0 unspecified atom stereocenters. The van der Waals surface area contributed by atoms with E-state index in [1.165, 1.54) is 0 Å². The molecule has 2 aromatic rings. The Morgan fingerprint density at radius 3 is 2.57 bits per heavy atom. The van der Waals surface area contributed by atoms with E-state index in [0.29, 0.717) is 35.8 Å². The van der Waals surface area contributed by atoms with Crippen LogP contribution in [0.15, 0.2) is 4.52 Å². The molecule has 112 valence electrons. The first-order chi connectivity index (χ1) is 10.1. The number of carboxylic acid groups (broad SMARTS) is 1. The molecule has 0 aliphatic heterocycles. The topological polar surface area (TPSA) is 114 Å². The highest BCUT2D eigenvalue weighted by Crippen LogP contribution is 2.21. The molecule has 0 bridgehead atoms. The van der Waals surface area contributed by atoms with Crippen LogP contribution in [-0.2, 0) is 19.4 Å². The van der Waals surface area contributed by atoms with Gasteiger partial charge in [0.2, 0.25) is 5.89 Å². The molecule has 0 aliphatic carbocycles. The monoisotopic (exact) mass is 291 g/mol. The van der Waals surface area contributed by atoms with E-state index in [1.54, 1.807) is 6.92 Å². The second kappa shape index (κ2) is 6.29. The van der Waals surface area contributed by atoms with Gasteiger partial charge < -0.3 is 14.9 Å². The summed E-state index contributed by atoms with van der Waals surface area (Å²) in [5, 5.41) is 24.1. The molecule has 2 N–H and O–H groups in total. The van der Waals surface area contributed by atoms with Crippen LogP contribution >= 0.6 is 0 Å². The number of rotatable bonds is 6. The minimum atomic E-state index is -1.03. The lowest BCUT2D eigenvalue weighted by Crippen LogP contribution is -2.15. The smallest absolute Gasteiger partial charge is 0.339 e. The van der Waals surface area contributed by atoms with Crippen molar-refractivity contribution < 1.29 is 14.4 Å². The summed E-state index contributed by atoms with van der Waals surface area (Å²) in [5.74, 6) is 0.0724. The molecule has 8 heteroatoms. The zero-order valence-corrected chi connectivity index (χ0v) is 12.2. The quantitative estimate of drug-likeness (QED) is 0.824. The molecule has 2 aromatic heterocycles. The minimum Gasteiger partial charge on any atom is -0.478 e. The van der Waals surface area contributed by atoms with Gasteiger partial charge in [-0.1, -0.05) is 19.0 Å². The summed E-state index contributed by atoms with van der Waals surface area (Å²) < 4.78 is 4.97. The molecule has 0 saturated heterocycles. The summed E-state index contributed by atoms with van der Waals surface area (Å²) in [6, 6.07) is 0. The van der Waals surface area contributed by atoms with Crippen LogP contribution in [0.5, 0.6) is 0 Å². The van der Waals surface area contributed by atoms with E-state index >= 15 is 0 Å². The molecule has 0 amide bonds. The fourth-order valence-corrected chi connectivity index (χ4v) is 2.10. The second-order valence-electron chi connectivity index (χ2n) is 4.45. The fourth-order valence-electron chi connectivity index (χ4n) is 2.10. The molecule has 0 atom stereocenters. The number of carboxylic acids is 1. The molecule has 0 aromatic carbocycles. The number of carbonyl (C=O) groups is 1. The first-order valence-corrected chi connectivity index (χ1v) is 6.71. The average molecular weight is 291 g/mol. The molecular weight excluding hydrogens is 274 g/mol. The van der Waals surface area contributed by atoms with Crippen molar-refractivity contribution in [2.75, 3.05) is 5.32 Å². The maximum Gasteiger partial charge on any atom is 0.339 e. The Morgan fingerprint density at radius 2 is 2.05 bits per heavy atom. The molecule has 21 heavy (non-hydrogen) atoms. The van der Waals surface area contributed by atoms with E-state index in [4.69, 9.17) is 4.52 Å². The third kappa shape index (κ3) is 3.15. The summed E-state index contributed by atoms with van der Waals surface area (Å²) in [4.78, 5) is 15.6. The van der Waals surface area contributed by atoms with Crippen molar-refractivity contribution in [1.29, 1.82) is 0 Å². The van der Waals surface area contributed by atoms with Gasteiger partial charge in [0.25, 0.3) is 0 Å². The average Bonchev–Trinajstić information content (AvgIpc) is 2.89. The highest BCUT2D eigenvalue weighted by atomic mass is 16.5. The van der Waals surface area contributed by atoms with E-state index < -0.39 is 5.97 Å². The Kier molecular flexibility index (Phi) is 4.46. The number of aromatic nitrogens is 4. The van der Waals surface area contributed by atoms with Crippen LogP contribution in [0.3, 0.4) is 0 Å². The lowest BCUT2D eigenvalue weighted by molar-refractivity contribution is 0.0696. The highest BCUT2D eigenvalue weighted by molar-refractivity contribution is 5.95. The van der Waals surface area contributed by atoms with Gasteiger partial charge in [-0.2, -0.15) is 10.1 Å². The standard InChI is InChI=1S/C13H17N5O3/c1-4-8-9(5-2)16-17-12(11(8)13(19)20)14-6-10-15-7(3)18-21-10/h4-6H2,1-3H3,(H,14,17)(H,19,20). The molecule has 8 nitrogen and oxygen atoms in total. The number of aromatic carboxylic acids is 1. The number of hydrogen-bond acceptors (Lipinski definition) is 7. The van der Waals surface area contributed by atoms with E-state index in [1.807, 2.05) is 13.8 Å². The molecule has 0 spiro atoms. The third-order valence-electron chi connectivity index (χ3n) is 3.04. The molecule has 0 fully saturated rings. The predicted molar refractivity (Wildman–Crippen MR) is 74.1 cm³/mol. The molecular formula is C13H17N5O3. The first kappa shape index (κ1) is 14.9. The predicted octanol–water partition coefficient (Wildman–Crippen LogP) is 1.60. The Labute approximate surface area is 121 Å². The number of hydrogen-bond donors (Lipinski definition) is 2. The van der Waals surface area contributed by atoms with Crippen molar-refractivity contribution in [3.63, 3.8) is 0 Å².